The Labute approximate surface area is 115 Å². The molecular weight excluding hydrogens is 258 g/mol. The van der Waals surface area contributed by atoms with E-state index in [-0.39, 0.29) is 0 Å². The summed E-state index contributed by atoms with van der Waals surface area (Å²) < 4.78 is 1.52. The van der Waals surface area contributed by atoms with Gasteiger partial charge in [-0.1, -0.05) is 0 Å². The van der Waals surface area contributed by atoms with E-state index in [9.17, 15) is 4.79 Å². The Morgan fingerprint density at radius 3 is 2.75 bits per heavy atom. The van der Waals surface area contributed by atoms with Gasteiger partial charge in [0.1, 0.15) is 11.6 Å². The molecule has 1 aliphatic carbocycles. The monoisotopic (exact) mass is 273 g/mol. The number of nitrogens with one attached hydrogen (secondary N) is 1. The summed E-state index contributed by atoms with van der Waals surface area (Å²) in [7, 11) is 0. The minimum Gasteiger partial charge on any atom is -0.366 e. The third kappa shape index (κ3) is 2.10. The first kappa shape index (κ1) is 12.5. The summed E-state index contributed by atoms with van der Waals surface area (Å²) in [6, 6.07) is 0. The number of aromatic nitrogens is 4. The quantitative estimate of drug-likeness (QED) is 0.541. The lowest BCUT2D eigenvalue weighted by atomic mass is 10.3. The van der Waals surface area contributed by atoms with E-state index in [1.54, 1.807) is 6.20 Å². The number of nitrogens with two attached hydrogens (primary N) is 2. The van der Waals surface area contributed by atoms with E-state index in [1.807, 2.05) is 6.92 Å². The van der Waals surface area contributed by atoms with Crippen molar-refractivity contribution in [2.75, 3.05) is 5.43 Å². The Hall–Kier alpha value is -2.48. The molecule has 2 aromatic heterocycles. The van der Waals surface area contributed by atoms with Gasteiger partial charge in [0, 0.05) is 17.7 Å². The number of nitrogen functional groups attached to an aromatic ring is 1. The van der Waals surface area contributed by atoms with E-state index in [4.69, 9.17) is 11.6 Å². The molecule has 2 aromatic rings. The molecule has 0 unspecified atom stereocenters. The maximum absolute atomic E-state index is 11.1. The zero-order valence-electron chi connectivity index (χ0n) is 11.0. The van der Waals surface area contributed by atoms with Crippen LogP contribution in [0.15, 0.2) is 12.4 Å². The van der Waals surface area contributed by atoms with Crippen LogP contribution in [0.5, 0.6) is 0 Å². The fourth-order valence-corrected chi connectivity index (χ4v) is 1.98. The molecule has 0 aromatic carbocycles. The van der Waals surface area contributed by atoms with Crippen molar-refractivity contribution >= 4 is 11.7 Å². The first-order chi connectivity index (χ1) is 9.60. The van der Waals surface area contributed by atoms with E-state index in [0.717, 1.165) is 24.2 Å². The number of nitrogens with zero attached hydrogens (tertiary/aromatic N) is 4. The normalized spacial score (nSPS) is 14.3. The largest absolute Gasteiger partial charge is 0.366 e. The predicted octanol–water partition coefficient (Wildman–Crippen LogP) is 0.233. The molecule has 0 bridgehead atoms. The van der Waals surface area contributed by atoms with Crippen molar-refractivity contribution in [3.05, 3.63) is 29.3 Å². The number of rotatable bonds is 4. The molecular formula is C12H15N7O. The van der Waals surface area contributed by atoms with Crippen LogP contribution in [0.1, 0.15) is 40.5 Å². The molecule has 3 rings (SSSR count). The molecule has 104 valence electrons. The van der Waals surface area contributed by atoms with E-state index in [2.05, 4.69) is 20.5 Å². The third-order valence-electron chi connectivity index (χ3n) is 3.30. The molecule has 0 radical (unpaired) electrons. The zero-order chi connectivity index (χ0) is 14.3. The van der Waals surface area contributed by atoms with Crippen molar-refractivity contribution in [2.24, 2.45) is 11.6 Å². The lowest BCUT2D eigenvalue weighted by Crippen LogP contribution is -2.15. The highest BCUT2D eigenvalue weighted by molar-refractivity contribution is 5.92. The fourth-order valence-electron chi connectivity index (χ4n) is 1.98. The third-order valence-corrected chi connectivity index (χ3v) is 3.30. The van der Waals surface area contributed by atoms with Gasteiger partial charge in [-0.3, -0.25) is 4.79 Å². The molecule has 8 nitrogen and oxygen atoms in total. The van der Waals surface area contributed by atoms with E-state index >= 15 is 0 Å². The summed E-state index contributed by atoms with van der Waals surface area (Å²) >= 11 is 0. The van der Waals surface area contributed by atoms with Crippen LogP contribution >= 0.6 is 0 Å². The van der Waals surface area contributed by atoms with Gasteiger partial charge in [-0.25, -0.2) is 20.5 Å². The Kier molecular flexibility index (Phi) is 2.87. The molecule has 1 fully saturated rings. The summed E-state index contributed by atoms with van der Waals surface area (Å²) in [4.78, 5) is 20.1. The van der Waals surface area contributed by atoms with Crippen LogP contribution in [0.2, 0.25) is 0 Å². The van der Waals surface area contributed by atoms with E-state index < -0.39 is 5.91 Å². The second-order valence-electron chi connectivity index (χ2n) is 4.84. The van der Waals surface area contributed by atoms with Crippen LogP contribution in [0.25, 0.3) is 5.82 Å². The Morgan fingerprint density at radius 2 is 2.20 bits per heavy atom. The number of carbonyl (C=O) groups is 1. The van der Waals surface area contributed by atoms with Gasteiger partial charge in [-0.15, -0.1) is 0 Å². The van der Waals surface area contributed by atoms with Crippen molar-refractivity contribution < 1.29 is 4.79 Å². The molecule has 1 saturated carbocycles. The maximum atomic E-state index is 11.1. The second-order valence-corrected chi connectivity index (χ2v) is 4.84. The molecule has 0 saturated heterocycles. The summed E-state index contributed by atoms with van der Waals surface area (Å²) in [6.45, 7) is 1.84. The molecule has 0 atom stereocenters. The fraction of sp³-hybridized carbons (Fsp3) is 0.333. The smallest absolute Gasteiger partial charge is 0.251 e. The van der Waals surface area contributed by atoms with Crippen LogP contribution in [0.3, 0.4) is 0 Å². The molecule has 5 N–H and O–H groups in total. The average molecular weight is 273 g/mol. The molecule has 1 amide bonds. The van der Waals surface area contributed by atoms with Crippen molar-refractivity contribution in [2.45, 2.75) is 25.7 Å². The van der Waals surface area contributed by atoms with Gasteiger partial charge in [0.05, 0.1) is 11.8 Å². The number of anilines is 1. The van der Waals surface area contributed by atoms with Gasteiger partial charge in [0.2, 0.25) is 0 Å². The van der Waals surface area contributed by atoms with Crippen LogP contribution in [-0.4, -0.2) is 25.7 Å². The van der Waals surface area contributed by atoms with Gasteiger partial charge in [-0.2, -0.15) is 5.10 Å². The highest BCUT2D eigenvalue weighted by Crippen LogP contribution is 2.39. The summed E-state index contributed by atoms with van der Waals surface area (Å²) in [5.41, 5.74) is 8.90. The Bertz CT molecular complexity index is 674. The summed E-state index contributed by atoms with van der Waals surface area (Å²) in [5.74, 6) is 7.26. The lowest BCUT2D eigenvalue weighted by Gasteiger charge is -2.11. The number of amides is 1. The zero-order valence-corrected chi connectivity index (χ0v) is 11.0. The molecule has 1 aliphatic rings. The van der Waals surface area contributed by atoms with Crippen molar-refractivity contribution in [3.8, 4) is 5.82 Å². The Morgan fingerprint density at radius 1 is 1.45 bits per heavy atom. The van der Waals surface area contributed by atoms with Gasteiger partial charge in [-0.05, 0) is 19.8 Å². The van der Waals surface area contributed by atoms with Crippen LogP contribution in [0.4, 0.5) is 5.82 Å². The van der Waals surface area contributed by atoms with Gasteiger partial charge >= 0.3 is 0 Å². The lowest BCUT2D eigenvalue weighted by molar-refractivity contribution is 0.100. The van der Waals surface area contributed by atoms with Crippen molar-refractivity contribution in [3.63, 3.8) is 0 Å². The summed E-state index contributed by atoms with van der Waals surface area (Å²) in [5, 5.41) is 4.12. The van der Waals surface area contributed by atoms with E-state index in [0.29, 0.717) is 23.1 Å². The molecule has 2 heterocycles. The highest BCUT2D eigenvalue weighted by Gasteiger charge is 2.28. The van der Waals surface area contributed by atoms with Crippen molar-refractivity contribution in [1.82, 2.24) is 19.7 Å². The van der Waals surface area contributed by atoms with Crippen LogP contribution < -0.4 is 17.0 Å². The first-order valence-electron chi connectivity index (χ1n) is 6.30. The minimum absolute atomic E-state index is 0.332. The SMILES string of the molecule is Cc1c(NN)nc(C2CC2)nc1-n1cc(C(N)=O)cn1. The van der Waals surface area contributed by atoms with Gasteiger partial charge in [0.15, 0.2) is 5.82 Å². The summed E-state index contributed by atoms with van der Waals surface area (Å²) in [6.07, 6.45) is 5.13. The molecule has 8 heteroatoms. The number of carbonyl (C=O) groups excluding carboxylic acids is 1. The van der Waals surface area contributed by atoms with Crippen molar-refractivity contribution in [1.29, 1.82) is 0 Å². The molecule has 0 aliphatic heterocycles. The minimum atomic E-state index is -0.525. The predicted molar refractivity (Wildman–Crippen MR) is 72.2 cm³/mol. The van der Waals surface area contributed by atoms with Crippen LogP contribution in [0, 0.1) is 6.92 Å². The second kappa shape index (κ2) is 4.57. The van der Waals surface area contributed by atoms with Gasteiger partial charge in [0.25, 0.3) is 5.91 Å². The topological polar surface area (TPSA) is 125 Å². The van der Waals surface area contributed by atoms with Gasteiger partial charge < -0.3 is 11.2 Å². The first-order valence-corrected chi connectivity index (χ1v) is 6.30. The number of hydrazine groups is 1. The number of hydrogen-bond donors (Lipinski definition) is 3. The maximum Gasteiger partial charge on any atom is 0.251 e. The standard InChI is InChI=1S/C12H15N7O/c1-6-10(18-14)16-11(7-2-3-7)17-12(6)19-5-8(4-15-19)9(13)20/h4-5,7H,2-3,14H2,1H3,(H2,13,20)(H,16,17,18). The molecule has 20 heavy (non-hydrogen) atoms. The average Bonchev–Trinajstić information content (AvgIpc) is 3.16. The van der Waals surface area contributed by atoms with Crippen LogP contribution in [-0.2, 0) is 0 Å². The number of primary amides is 1. The number of hydrogen-bond acceptors (Lipinski definition) is 6. The van der Waals surface area contributed by atoms with E-state index in [1.165, 1.54) is 10.9 Å². The Balaban J connectivity index is 2.10. The molecule has 0 spiro atoms. The highest BCUT2D eigenvalue weighted by atomic mass is 16.1.